The molecule has 0 amide bonds. The van der Waals surface area contributed by atoms with E-state index in [1.165, 1.54) is 11.1 Å². The first kappa shape index (κ1) is 12.6. The van der Waals surface area contributed by atoms with Crippen LogP contribution in [0.3, 0.4) is 0 Å². The Balaban J connectivity index is 2.12. The molecule has 1 aromatic carbocycles. The lowest BCUT2D eigenvalue weighted by atomic mass is 9.99. The van der Waals surface area contributed by atoms with E-state index in [1.807, 2.05) is 17.8 Å². The summed E-state index contributed by atoms with van der Waals surface area (Å²) in [6.45, 7) is 4.39. The number of rotatable bonds is 2. The van der Waals surface area contributed by atoms with Gasteiger partial charge < -0.3 is 14.8 Å². The van der Waals surface area contributed by atoms with Crippen LogP contribution in [-0.4, -0.2) is 25.5 Å². The Hall–Kier alpha value is -0.390. The predicted molar refractivity (Wildman–Crippen MR) is 77.7 cm³/mol. The maximum atomic E-state index is 5.86. The molecule has 2 aliphatic heterocycles. The Morgan fingerprint density at radius 1 is 1.44 bits per heavy atom. The highest BCUT2D eigenvalue weighted by Crippen LogP contribution is 2.47. The van der Waals surface area contributed by atoms with Crippen molar-refractivity contribution in [3.05, 3.63) is 21.7 Å². The average Bonchev–Trinajstić information content (AvgIpc) is 2.40. The van der Waals surface area contributed by atoms with Crippen LogP contribution >= 0.6 is 27.7 Å². The van der Waals surface area contributed by atoms with Gasteiger partial charge in [0, 0.05) is 27.6 Å². The molecule has 1 aromatic rings. The average molecular weight is 330 g/mol. The summed E-state index contributed by atoms with van der Waals surface area (Å²) in [5.74, 6) is 3.95. The number of ether oxygens (including phenoxy) is 2. The van der Waals surface area contributed by atoms with Gasteiger partial charge in [0.05, 0.1) is 0 Å². The van der Waals surface area contributed by atoms with Gasteiger partial charge in [-0.1, -0.05) is 22.9 Å². The highest BCUT2D eigenvalue weighted by Gasteiger charge is 2.30. The van der Waals surface area contributed by atoms with Crippen molar-refractivity contribution in [2.24, 2.45) is 0 Å². The molecule has 0 saturated carbocycles. The lowest BCUT2D eigenvalue weighted by molar-refractivity contribution is 0.168. The zero-order chi connectivity index (χ0) is 12.5. The van der Waals surface area contributed by atoms with Gasteiger partial charge in [-0.3, -0.25) is 0 Å². The van der Waals surface area contributed by atoms with Gasteiger partial charge in [0.25, 0.3) is 0 Å². The van der Waals surface area contributed by atoms with Gasteiger partial charge in [-0.15, -0.1) is 0 Å². The van der Waals surface area contributed by atoms with Gasteiger partial charge >= 0.3 is 0 Å². The van der Waals surface area contributed by atoms with E-state index in [4.69, 9.17) is 9.47 Å². The van der Waals surface area contributed by atoms with Crippen LogP contribution in [0.2, 0.25) is 0 Å². The number of hydrogen-bond acceptors (Lipinski definition) is 4. The minimum Gasteiger partial charge on any atom is -0.486 e. The molecule has 0 bridgehead atoms. The quantitative estimate of drug-likeness (QED) is 0.903. The lowest BCUT2D eigenvalue weighted by Gasteiger charge is -2.31. The van der Waals surface area contributed by atoms with Crippen LogP contribution in [0.25, 0.3) is 0 Å². The van der Waals surface area contributed by atoms with Crippen molar-refractivity contribution in [1.82, 2.24) is 5.32 Å². The van der Waals surface area contributed by atoms with Crippen molar-refractivity contribution in [3.63, 3.8) is 0 Å². The summed E-state index contributed by atoms with van der Waals surface area (Å²) in [4.78, 5) is 0. The van der Waals surface area contributed by atoms with E-state index in [2.05, 4.69) is 28.2 Å². The molecule has 0 aliphatic carbocycles. The van der Waals surface area contributed by atoms with Gasteiger partial charge in [-0.25, -0.2) is 0 Å². The zero-order valence-electron chi connectivity index (χ0n) is 10.3. The van der Waals surface area contributed by atoms with E-state index in [1.54, 1.807) is 0 Å². The third kappa shape index (κ3) is 2.12. The molecule has 0 spiro atoms. The van der Waals surface area contributed by atoms with E-state index < -0.39 is 0 Å². The number of fused-ring (bicyclic) bond motifs is 3. The van der Waals surface area contributed by atoms with E-state index in [0.29, 0.717) is 19.3 Å². The van der Waals surface area contributed by atoms with Gasteiger partial charge in [-0.05, 0) is 18.2 Å². The molecule has 3 nitrogen and oxygen atoms in total. The maximum Gasteiger partial charge on any atom is 0.166 e. The van der Waals surface area contributed by atoms with Crippen LogP contribution in [0, 0.1) is 0 Å². The summed E-state index contributed by atoms with van der Waals surface area (Å²) in [6, 6.07) is 2.40. The zero-order valence-corrected chi connectivity index (χ0v) is 12.7. The molecule has 5 heteroatoms. The van der Waals surface area contributed by atoms with Crippen molar-refractivity contribution in [1.29, 1.82) is 0 Å². The third-order valence-electron chi connectivity index (χ3n) is 3.26. The first-order valence-corrected chi connectivity index (χ1v) is 8.18. The first-order valence-electron chi connectivity index (χ1n) is 6.23. The molecule has 0 fully saturated rings. The Bertz CT molecular complexity index is 467. The molecule has 98 valence electrons. The van der Waals surface area contributed by atoms with Crippen LogP contribution < -0.4 is 14.8 Å². The lowest BCUT2D eigenvalue weighted by Crippen LogP contribution is -2.29. The Morgan fingerprint density at radius 3 is 3.11 bits per heavy atom. The topological polar surface area (TPSA) is 30.5 Å². The van der Waals surface area contributed by atoms with E-state index in [0.717, 1.165) is 34.0 Å². The Morgan fingerprint density at radius 2 is 2.28 bits per heavy atom. The third-order valence-corrected chi connectivity index (χ3v) is 5.03. The molecule has 0 saturated heterocycles. The number of benzene rings is 1. The Kier molecular flexibility index (Phi) is 3.73. The summed E-state index contributed by atoms with van der Waals surface area (Å²) in [6.07, 6.45) is 0. The van der Waals surface area contributed by atoms with Crippen LogP contribution in [0.1, 0.15) is 24.1 Å². The second-order valence-corrected chi connectivity index (χ2v) is 6.28. The largest absolute Gasteiger partial charge is 0.486 e. The Labute approximate surface area is 120 Å². The van der Waals surface area contributed by atoms with Crippen molar-refractivity contribution in [3.8, 4) is 11.5 Å². The number of hydrogen-bond donors (Lipinski definition) is 1. The van der Waals surface area contributed by atoms with Crippen LogP contribution in [0.4, 0.5) is 0 Å². The minimum atomic E-state index is 0.358. The fourth-order valence-electron chi connectivity index (χ4n) is 2.50. The van der Waals surface area contributed by atoms with Crippen molar-refractivity contribution >= 4 is 27.7 Å². The highest BCUT2D eigenvalue weighted by atomic mass is 79.9. The summed E-state index contributed by atoms with van der Waals surface area (Å²) < 4.78 is 12.7. The number of nitrogens with one attached hydrogen (secondary N) is 1. The summed E-state index contributed by atoms with van der Waals surface area (Å²) in [5.41, 5.74) is 2.64. The van der Waals surface area contributed by atoms with Gasteiger partial charge in [0.15, 0.2) is 11.5 Å². The van der Waals surface area contributed by atoms with E-state index in [-0.39, 0.29) is 0 Å². The second kappa shape index (κ2) is 5.31. The van der Waals surface area contributed by atoms with Crippen molar-refractivity contribution in [2.45, 2.75) is 18.7 Å². The monoisotopic (exact) mass is 329 g/mol. The summed E-state index contributed by atoms with van der Waals surface area (Å²) >= 11 is 5.62. The molecule has 2 aliphatic rings. The van der Waals surface area contributed by atoms with Gasteiger partial charge in [0.1, 0.15) is 13.2 Å². The highest BCUT2D eigenvalue weighted by molar-refractivity contribution is 9.10. The molecule has 1 N–H and O–H groups in total. The number of halogens is 1. The summed E-state index contributed by atoms with van der Waals surface area (Å²) in [7, 11) is 0. The van der Waals surface area contributed by atoms with Crippen LogP contribution in [0.5, 0.6) is 11.5 Å². The molecule has 18 heavy (non-hydrogen) atoms. The van der Waals surface area contributed by atoms with E-state index in [9.17, 15) is 0 Å². The molecule has 2 heterocycles. The fourth-order valence-corrected chi connectivity index (χ4v) is 4.40. The molecule has 0 aromatic heterocycles. The van der Waals surface area contributed by atoms with E-state index >= 15 is 0 Å². The smallest absolute Gasteiger partial charge is 0.166 e. The minimum absolute atomic E-state index is 0.358. The molecule has 0 radical (unpaired) electrons. The van der Waals surface area contributed by atoms with Gasteiger partial charge in [0.2, 0.25) is 0 Å². The summed E-state index contributed by atoms with van der Waals surface area (Å²) in [5, 5.41) is 3.54. The van der Waals surface area contributed by atoms with Gasteiger partial charge in [-0.2, -0.15) is 11.8 Å². The maximum absolute atomic E-state index is 5.86. The SMILES string of the molecule is CCNC1CSCc2c(Br)cc3c(c21)OCCO3. The molecule has 3 rings (SSSR count). The fraction of sp³-hybridized carbons (Fsp3) is 0.538. The van der Waals surface area contributed by atoms with Crippen LogP contribution in [0.15, 0.2) is 10.5 Å². The normalized spacial score (nSPS) is 21.6. The standard InChI is InChI=1S/C13H16BrNO2S/c1-2-15-10-7-18-6-8-9(14)5-11-13(12(8)10)17-4-3-16-11/h5,10,15H,2-4,6-7H2,1H3. The predicted octanol–water partition coefficient (Wildman–Crippen LogP) is 3.12. The van der Waals surface area contributed by atoms with Crippen LogP contribution in [-0.2, 0) is 5.75 Å². The van der Waals surface area contributed by atoms with Crippen molar-refractivity contribution in [2.75, 3.05) is 25.5 Å². The number of thioether (sulfide) groups is 1. The second-order valence-electron chi connectivity index (χ2n) is 4.40. The molecule has 1 unspecified atom stereocenters. The first-order chi connectivity index (χ1) is 8.81. The molecular weight excluding hydrogens is 314 g/mol. The molecular formula is C13H16BrNO2S. The molecule has 1 atom stereocenters. The van der Waals surface area contributed by atoms with Crippen molar-refractivity contribution < 1.29 is 9.47 Å².